The van der Waals surface area contributed by atoms with Gasteiger partial charge in [-0.25, -0.2) is 0 Å². The van der Waals surface area contributed by atoms with Crippen molar-refractivity contribution >= 4 is 17.7 Å². The molecular formula is C20H29N3O3. The van der Waals surface area contributed by atoms with Crippen molar-refractivity contribution in [2.24, 2.45) is 0 Å². The maximum absolute atomic E-state index is 12.6. The Morgan fingerprint density at radius 2 is 1.85 bits per heavy atom. The van der Waals surface area contributed by atoms with Crippen LogP contribution in [-0.2, 0) is 20.8 Å². The Labute approximate surface area is 155 Å². The number of amides is 3. The topological polar surface area (TPSA) is 78.5 Å². The first kappa shape index (κ1) is 19.9. The van der Waals surface area contributed by atoms with Gasteiger partial charge in [0.25, 0.3) is 0 Å². The molecule has 2 rings (SSSR count). The van der Waals surface area contributed by atoms with Gasteiger partial charge in [-0.15, -0.1) is 0 Å². The average Bonchev–Trinajstić information content (AvgIpc) is 3.04. The Hall–Kier alpha value is -2.37. The lowest BCUT2D eigenvalue weighted by Crippen LogP contribution is -2.54. The van der Waals surface area contributed by atoms with Gasteiger partial charge < -0.3 is 15.5 Å². The number of carbonyl (C=O) groups is 3. The third-order valence-corrected chi connectivity index (χ3v) is 4.32. The summed E-state index contributed by atoms with van der Waals surface area (Å²) in [5.41, 5.74) is 0.572. The molecule has 142 valence electrons. The van der Waals surface area contributed by atoms with Gasteiger partial charge in [0.15, 0.2) is 0 Å². The number of rotatable bonds is 5. The minimum atomic E-state index is -0.645. The number of hydrogen-bond donors (Lipinski definition) is 2. The van der Waals surface area contributed by atoms with Crippen LogP contribution in [0.5, 0.6) is 0 Å². The highest BCUT2D eigenvalue weighted by Crippen LogP contribution is 2.19. The Kier molecular flexibility index (Phi) is 6.40. The molecule has 0 saturated carbocycles. The van der Waals surface area contributed by atoms with Crippen LogP contribution in [-0.4, -0.2) is 46.8 Å². The predicted molar refractivity (Wildman–Crippen MR) is 100 cm³/mol. The number of benzene rings is 1. The summed E-state index contributed by atoms with van der Waals surface area (Å²) in [4.78, 5) is 39.0. The van der Waals surface area contributed by atoms with Gasteiger partial charge in [0, 0.05) is 12.1 Å². The Morgan fingerprint density at radius 3 is 2.46 bits per heavy atom. The summed E-state index contributed by atoms with van der Waals surface area (Å²) in [5, 5.41) is 5.60. The van der Waals surface area contributed by atoms with Crippen LogP contribution in [0.2, 0.25) is 0 Å². The van der Waals surface area contributed by atoms with E-state index in [1.165, 1.54) is 0 Å². The molecule has 0 bridgehead atoms. The van der Waals surface area contributed by atoms with Crippen molar-refractivity contribution in [2.75, 3.05) is 6.54 Å². The van der Waals surface area contributed by atoms with Crippen LogP contribution < -0.4 is 10.6 Å². The Balaban J connectivity index is 1.95. The van der Waals surface area contributed by atoms with E-state index in [2.05, 4.69) is 10.6 Å². The number of nitrogens with zero attached hydrogens (tertiary/aromatic N) is 1. The smallest absolute Gasteiger partial charge is 0.243 e. The molecule has 1 heterocycles. The van der Waals surface area contributed by atoms with Crippen molar-refractivity contribution in [1.82, 2.24) is 15.5 Å². The molecule has 1 saturated heterocycles. The van der Waals surface area contributed by atoms with Crippen LogP contribution >= 0.6 is 0 Å². The van der Waals surface area contributed by atoms with Gasteiger partial charge in [-0.1, -0.05) is 30.3 Å². The number of nitrogens with one attached hydrogen (secondary N) is 2. The summed E-state index contributed by atoms with van der Waals surface area (Å²) in [6.45, 7) is 7.90. The van der Waals surface area contributed by atoms with Crippen molar-refractivity contribution in [3.05, 3.63) is 35.9 Å². The van der Waals surface area contributed by atoms with Gasteiger partial charge in [0.2, 0.25) is 17.7 Å². The molecule has 1 aromatic carbocycles. The van der Waals surface area contributed by atoms with E-state index in [1.54, 1.807) is 11.8 Å². The van der Waals surface area contributed by atoms with Crippen molar-refractivity contribution < 1.29 is 14.4 Å². The standard InChI is InChI=1S/C20H29N3O3/c1-14(18(25)22-20(2,3)4)21-19(26)16-11-8-12-23(16)17(24)13-15-9-6-5-7-10-15/h5-7,9-10,14,16H,8,11-13H2,1-4H3,(H,21,26)(H,22,25). The SMILES string of the molecule is CC(NC(=O)C1CCCN1C(=O)Cc1ccccc1)C(=O)NC(C)(C)C. The number of likely N-dealkylation sites (tertiary alicyclic amines) is 1. The van der Waals surface area contributed by atoms with Crippen LogP contribution in [0.15, 0.2) is 30.3 Å². The highest BCUT2D eigenvalue weighted by Gasteiger charge is 2.35. The molecule has 0 aliphatic carbocycles. The third kappa shape index (κ3) is 5.58. The molecule has 1 fully saturated rings. The van der Waals surface area contributed by atoms with Gasteiger partial charge in [-0.05, 0) is 46.1 Å². The summed E-state index contributed by atoms with van der Waals surface area (Å²) in [6.07, 6.45) is 1.70. The summed E-state index contributed by atoms with van der Waals surface area (Å²) in [6, 6.07) is 8.36. The molecule has 3 amide bonds. The van der Waals surface area contributed by atoms with Crippen LogP contribution in [0, 0.1) is 0 Å². The maximum Gasteiger partial charge on any atom is 0.243 e. The van der Waals surface area contributed by atoms with Crippen molar-refractivity contribution in [3.8, 4) is 0 Å². The molecule has 1 aliphatic rings. The molecule has 26 heavy (non-hydrogen) atoms. The molecule has 0 spiro atoms. The average molecular weight is 359 g/mol. The first-order valence-electron chi connectivity index (χ1n) is 9.13. The second-order valence-corrected chi connectivity index (χ2v) is 7.88. The van der Waals surface area contributed by atoms with E-state index in [9.17, 15) is 14.4 Å². The van der Waals surface area contributed by atoms with E-state index in [0.717, 1.165) is 12.0 Å². The van der Waals surface area contributed by atoms with Gasteiger partial charge in [0.05, 0.1) is 6.42 Å². The summed E-state index contributed by atoms with van der Waals surface area (Å²) in [7, 11) is 0. The predicted octanol–water partition coefficient (Wildman–Crippen LogP) is 1.64. The molecular weight excluding hydrogens is 330 g/mol. The summed E-state index contributed by atoms with van der Waals surface area (Å²) in [5.74, 6) is -0.549. The largest absolute Gasteiger partial charge is 0.350 e. The Morgan fingerprint density at radius 1 is 1.19 bits per heavy atom. The quantitative estimate of drug-likeness (QED) is 0.839. The lowest BCUT2D eigenvalue weighted by atomic mass is 10.1. The van der Waals surface area contributed by atoms with E-state index >= 15 is 0 Å². The Bertz CT molecular complexity index is 652. The molecule has 2 N–H and O–H groups in total. The third-order valence-electron chi connectivity index (χ3n) is 4.32. The van der Waals surface area contributed by atoms with Gasteiger partial charge in [0.1, 0.15) is 12.1 Å². The van der Waals surface area contributed by atoms with Gasteiger partial charge in [-0.3, -0.25) is 14.4 Å². The zero-order chi connectivity index (χ0) is 19.3. The highest BCUT2D eigenvalue weighted by molar-refractivity contribution is 5.92. The second kappa shape index (κ2) is 8.34. The zero-order valence-electron chi connectivity index (χ0n) is 16.0. The fourth-order valence-electron chi connectivity index (χ4n) is 3.06. The summed E-state index contributed by atoms with van der Waals surface area (Å²) < 4.78 is 0. The van der Waals surface area contributed by atoms with Crippen LogP contribution in [0.1, 0.15) is 46.1 Å². The fourth-order valence-corrected chi connectivity index (χ4v) is 3.06. The van der Waals surface area contributed by atoms with E-state index in [4.69, 9.17) is 0 Å². The van der Waals surface area contributed by atoms with E-state index in [1.807, 2.05) is 51.1 Å². The van der Waals surface area contributed by atoms with Crippen molar-refractivity contribution in [2.45, 2.75) is 64.6 Å². The molecule has 0 aromatic heterocycles. The van der Waals surface area contributed by atoms with Crippen LogP contribution in [0.25, 0.3) is 0 Å². The van der Waals surface area contributed by atoms with Crippen molar-refractivity contribution in [3.63, 3.8) is 0 Å². The van der Waals surface area contributed by atoms with Gasteiger partial charge >= 0.3 is 0 Å². The highest BCUT2D eigenvalue weighted by atomic mass is 16.2. The first-order valence-corrected chi connectivity index (χ1v) is 9.13. The van der Waals surface area contributed by atoms with E-state index < -0.39 is 12.1 Å². The van der Waals surface area contributed by atoms with E-state index in [0.29, 0.717) is 13.0 Å². The molecule has 6 nitrogen and oxygen atoms in total. The monoisotopic (exact) mass is 359 g/mol. The van der Waals surface area contributed by atoms with Crippen LogP contribution in [0.3, 0.4) is 0 Å². The second-order valence-electron chi connectivity index (χ2n) is 7.88. The van der Waals surface area contributed by atoms with E-state index in [-0.39, 0.29) is 29.7 Å². The lowest BCUT2D eigenvalue weighted by Gasteiger charge is -2.27. The number of hydrogen-bond acceptors (Lipinski definition) is 3. The number of carbonyl (C=O) groups excluding carboxylic acids is 3. The maximum atomic E-state index is 12.6. The normalized spacial score (nSPS) is 18.3. The minimum absolute atomic E-state index is 0.0550. The molecule has 1 aliphatic heterocycles. The molecule has 6 heteroatoms. The van der Waals surface area contributed by atoms with Crippen LogP contribution in [0.4, 0.5) is 0 Å². The lowest BCUT2D eigenvalue weighted by molar-refractivity contribution is -0.139. The molecule has 2 atom stereocenters. The molecule has 0 radical (unpaired) electrons. The van der Waals surface area contributed by atoms with Crippen molar-refractivity contribution in [1.29, 1.82) is 0 Å². The molecule has 2 unspecified atom stereocenters. The summed E-state index contributed by atoms with van der Waals surface area (Å²) >= 11 is 0. The minimum Gasteiger partial charge on any atom is -0.350 e. The molecule has 1 aromatic rings. The first-order chi connectivity index (χ1) is 12.2. The van der Waals surface area contributed by atoms with Gasteiger partial charge in [-0.2, -0.15) is 0 Å². The fraction of sp³-hybridized carbons (Fsp3) is 0.550. The zero-order valence-corrected chi connectivity index (χ0v) is 16.0.